The highest BCUT2D eigenvalue weighted by Crippen LogP contribution is 2.45. The molecule has 2 saturated heterocycles. The average Bonchev–Trinajstić information content (AvgIpc) is 3.19. The first kappa shape index (κ1) is 15.6. The summed E-state index contributed by atoms with van der Waals surface area (Å²) >= 11 is 0. The van der Waals surface area contributed by atoms with E-state index < -0.39 is 0 Å². The molecule has 0 amide bonds. The maximum atomic E-state index is 6.16. The lowest BCUT2D eigenvalue weighted by Crippen LogP contribution is -2.43. The van der Waals surface area contributed by atoms with E-state index in [1.807, 2.05) is 0 Å². The van der Waals surface area contributed by atoms with E-state index in [9.17, 15) is 0 Å². The van der Waals surface area contributed by atoms with Gasteiger partial charge in [-0.1, -0.05) is 0 Å². The Labute approximate surface area is 144 Å². The van der Waals surface area contributed by atoms with Crippen LogP contribution in [-0.4, -0.2) is 48.3 Å². The lowest BCUT2D eigenvalue weighted by atomic mass is 9.67. The summed E-state index contributed by atoms with van der Waals surface area (Å²) < 4.78 is 11.7. The van der Waals surface area contributed by atoms with Crippen molar-refractivity contribution in [2.24, 2.45) is 28.6 Å². The first-order valence-corrected chi connectivity index (χ1v) is 10.1. The number of nitrogens with two attached hydrogens (primary N) is 1. The summed E-state index contributed by atoms with van der Waals surface area (Å²) in [6, 6.07) is 1.07. The van der Waals surface area contributed by atoms with Crippen LogP contribution in [0.25, 0.3) is 0 Å². The van der Waals surface area contributed by atoms with Crippen LogP contribution in [0.15, 0.2) is 5.10 Å². The summed E-state index contributed by atoms with van der Waals surface area (Å²) in [7, 11) is 0. The molecule has 24 heavy (non-hydrogen) atoms. The van der Waals surface area contributed by atoms with Crippen molar-refractivity contribution in [1.82, 2.24) is 5.01 Å². The van der Waals surface area contributed by atoms with Gasteiger partial charge in [0.05, 0.1) is 12.2 Å². The Bertz CT molecular complexity index is 503. The van der Waals surface area contributed by atoms with Gasteiger partial charge in [-0.2, -0.15) is 5.10 Å². The quantitative estimate of drug-likeness (QED) is 0.801. The molecule has 5 heteroatoms. The Morgan fingerprint density at radius 1 is 0.958 bits per heavy atom. The Morgan fingerprint density at radius 2 is 1.75 bits per heavy atom. The van der Waals surface area contributed by atoms with Gasteiger partial charge in [-0.25, -0.2) is 0 Å². The van der Waals surface area contributed by atoms with Crippen LogP contribution in [-0.2, 0) is 9.47 Å². The third-order valence-corrected chi connectivity index (χ3v) is 7.30. The van der Waals surface area contributed by atoms with Crippen molar-refractivity contribution < 1.29 is 9.47 Å². The highest BCUT2D eigenvalue weighted by atomic mass is 16.7. The number of ether oxygens (including phenoxy) is 2. The van der Waals surface area contributed by atoms with E-state index in [1.54, 1.807) is 0 Å². The first-order valence-electron chi connectivity index (χ1n) is 10.1. The largest absolute Gasteiger partial charge is 0.349 e. The van der Waals surface area contributed by atoms with Gasteiger partial charge in [-0.05, 0) is 69.6 Å². The summed E-state index contributed by atoms with van der Waals surface area (Å²) in [5.41, 5.74) is 7.66. The average molecular weight is 333 g/mol. The maximum absolute atomic E-state index is 6.16. The van der Waals surface area contributed by atoms with Gasteiger partial charge >= 0.3 is 0 Å². The first-order chi connectivity index (χ1) is 11.8. The van der Waals surface area contributed by atoms with Crippen LogP contribution in [0.1, 0.15) is 57.8 Å². The molecule has 0 aromatic carbocycles. The number of fused-ring (bicyclic) bond motifs is 3. The van der Waals surface area contributed by atoms with E-state index in [1.165, 1.54) is 44.2 Å². The Balaban J connectivity index is 1.44. The van der Waals surface area contributed by atoms with E-state index in [0.717, 1.165) is 31.7 Å². The molecule has 0 bridgehead atoms. The van der Waals surface area contributed by atoms with Crippen molar-refractivity contribution >= 4 is 5.71 Å². The van der Waals surface area contributed by atoms with Gasteiger partial charge in [0.25, 0.3) is 0 Å². The van der Waals surface area contributed by atoms with Crippen LogP contribution in [0.3, 0.4) is 0 Å². The third kappa shape index (κ3) is 2.69. The zero-order valence-corrected chi connectivity index (χ0v) is 14.6. The molecule has 3 aliphatic heterocycles. The minimum atomic E-state index is 0.301. The van der Waals surface area contributed by atoms with Crippen molar-refractivity contribution in [3.8, 4) is 0 Å². The number of nitrogens with zero attached hydrogens (tertiary/aromatic N) is 2. The summed E-state index contributed by atoms with van der Waals surface area (Å²) in [6.45, 7) is 1.65. The van der Waals surface area contributed by atoms with Gasteiger partial charge in [0, 0.05) is 30.3 Å². The molecule has 4 fully saturated rings. The molecular weight excluding hydrogens is 302 g/mol. The lowest BCUT2D eigenvalue weighted by Gasteiger charge is -2.39. The molecule has 2 aliphatic carbocycles. The SMILES string of the molecule is NC1CCC(C2=NN3CCCC3CC3CC4OCOC4CC23)CC1. The number of rotatable bonds is 1. The standard InChI is InChI=1S/C19H31N3O2/c20-14-5-3-12(4-6-14)19-16-10-18-17(23-11-24-18)9-13(16)8-15-2-1-7-22(15)21-19/h12-18H,1-11,20H2. The molecule has 0 aromatic heterocycles. The highest BCUT2D eigenvalue weighted by Gasteiger charge is 2.47. The molecule has 2 saturated carbocycles. The van der Waals surface area contributed by atoms with Gasteiger partial charge in [-0.15, -0.1) is 0 Å². The molecule has 0 radical (unpaired) electrons. The van der Waals surface area contributed by atoms with Crippen LogP contribution in [0.2, 0.25) is 0 Å². The van der Waals surface area contributed by atoms with Crippen LogP contribution in [0.4, 0.5) is 0 Å². The fraction of sp³-hybridized carbons (Fsp3) is 0.947. The minimum Gasteiger partial charge on any atom is -0.349 e. The van der Waals surface area contributed by atoms with Gasteiger partial charge in [-0.3, -0.25) is 5.01 Å². The monoisotopic (exact) mass is 333 g/mol. The topological polar surface area (TPSA) is 60.1 Å². The molecule has 5 aliphatic rings. The second-order valence-electron chi connectivity index (χ2n) is 8.70. The number of hydrazone groups is 1. The van der Waals surface area contributed by atoms with Gasteiger partial charge in [0.2, 0.25) is 0 Å². The second-order valence-corrected chi connectivity index (χ2v) is 8.70. The summed E-state index contributed by atoms with van der Waals surface area (Å²) in [6.07, 6.45) is 11.6. The van der Waals surface area contributed by atoms with Crippen molar-refractivity contribution in [3.63, 3.8) is 0 Å². The van der Waals surface area contributed by atoms with E-state index >= 15 is 0 Å². The smallest absolute Gasteiger partial charge is 0.147 e. The second kappa shape index (κ2) is 6.26. The predicted molar refractivity (Wildman–Crippen MR) is 92.5 cm³/mol. The lowest BCUT2D eigenvalue weighted by molar-refractivity contribution is 0.0383. The molecule has 3 heterocycles. The zero-order chi connectivity index (χ0) is 16.1. The molecule has 5 unspecified atom stereocenters. The molecule has 0 aromatic rings. The van der Waals surface area contributed by atoms with Crippen LogP contribution >= 0.6 is 0 Å². The summed E-state index contributed by atoms with van der Waals surface area (Å²) in [5, 5.41) is 7.74. The van der Waals surface area contributed by atoms with Gasteiger partial charge < -0.3 is 15.2 Å². The molecule has 5 nitrogen and oxygen atoms in total. The highest BCUT2D eigenvalue weighted by molar-refractivity contribution is 5.89. The van der Waals surface area contributed by atoms with Crippen LogP contribution in [0, 0.1) is 17.8 Å². The number of hydrogen-bond donors (Lipinski definition) is 1. The minimum absolute atomic E-state index is 0.301. The van der Waals surface area contributed by atoms with E-state index in [2.05, 4.69) is 5.01 Å². The molecule has 5 rings (SSSR count). The predicted octanol–water partition coefficient (Wildman–Crippen LogP) is 2.50. The van der Waals surface area contributed by atoms with Crippen molar-refractivity contribution in [3.05, 3.63) is 0 Å². The Morgan fingerprint density at radius 3 is 2.58 bits per heavy atom. The zero-order valence-electron chi connectivity index (χ0n) is 14.6. The summed E-state index contributed by atoms with van der Waals surface area (Å²) in [4.78, 5) is 0. The fourth-order valence-electron chi connectivity index (χ4n) is 5.96. The van der Waals surface area contributed by atoms with Crippen molar-refractivity contribution in [2.45, 2.75) is 82.1 Å². The normalized spacial score (nSPS) is 48.3. The van der Waals surface area contributed by atoms with Crippen LogP contribution < -0.4 is 5.73 Å². The fourth-order valence-corrected chi connectivity index (χ4v) is 5.96. The summed E-state index contributed by atoms with van der Waals surface area (Å²) in [5.74, 6) is 1.99. The molecule has 0 spiro atoms. The Hall–Kier alpha value is -0.650. The van der Waals surface area contributed by atoms with Crippen molar-refractivity contribution in [1.29, 1.82) is 0 Å². The molecular formula is C19H31N3O2. The van der Waals surface area contributed by atoms with Crippen LogP contribution in [0.5, 0.6) is 0 Å². The van der Waals surface area contributed by atoms with E-state index in [0.29, 0.717) is 42.9 Å². The van der Waals surface area contributed by atoms with Crippen molar-refractivity contribution in [2.75, 3.05) is 13.3 Å². The van der Waals surface area contributed by atoms with E-state index in [4.69, 9.17) is 20.3 Å². The molecule has 5 atom stereocenters. The maximum Gasteiger partial charge on any atom is 0.147 e. The number of hydrogen-bond acceptors (Lipinski definition) is 5. The van der Waals surface area contributed by atoms with E-state index in [-0.39, 0.29) is 0 Å². The Kier molecular flexibility index (Phi) is 4.07. The third-order valence-electron chi connectivity index (χ3n) is 7.30. The molecule has 134 valence electrons. The van der Waals surface area contributed by atoms with Gasteiger partial charge in [0.15, 0.2) is 0 Å². The molecule has 2 N–H and O–H groups in total. The van der Waals surface area contributed by atoms with Gasteiger partial charge in [0.1, 0.15) is 6.79 Å².